The van der Waals surface area contributed by atoms with Crippen LogP contribution in [0.3, 0.4) is 0 Å². The number of anilines is 3. The minimum Gasteiger partial charge on any atom is -0.310 e. The molecule has 3 heterocycles. The van der Waals surface area contributed by atoms with Gasteiger partial charge in [0.15, 0.2) is 0 Å². The third-order valence-corrected chi connectivity index (χ3v) is 13.4. The minimum atomic E-state index is -0.154. The molecular formula is C60H40BN3. The molecule has 0 fully saturated rings. The van der Waals surface area contributed by atoms with Crippen molar-refractivity contribution in [1.29, 1.82) is 0 Å². The Morgan fingerprint density at radius 3 is 1.02 bits per heavy atom. The Hall–Kier alpha value is -8.34. The van der Waals surface area contributed by atoms with Gasteiger partial charge in [0.2, 0.25) is 0 Å². The molecule has 0 N–H and O–H groups in total. The molecule has 0 atom stereocenters. The van der Waals surface area contributed by atoms with Crippen LogP contribution < -0.4 is 21.3 Å². The van der Waals surface area contributed by atoms with Gasteiger partial charge in [-0.25, -0.2) is 0 Å². The normalized spacial score (nSPS) is 12.3. The molecule has 1 aliphatic heterocycles. The van der Waals surface area contributed by atoms with Crippen LogP contribution in [0.5, 0.6) is 0 Å². The Morgan fingerprint density at radius 1 is 0.266 bits per heavy atom. The van der Waals surface area contributed by atoms with E-state index in [4.69, 9.17) is 0 Å². The summed E-state index contributed by atoms with van der Waals surface area (Å²) in [7, 11) is 0. The first-order valence-electron chi connectivity index (χ1n) is 22.2. The van der Waals surface area contributed by atoms with Crippen molar-refractivity contribution in [2.45, 2.75) is 0 Å². The fourth-order valence-electron chi connectivity index (χ4n) is 10.8. The molecule has 0 radical (unpaired) electrons. The number of aromatic nitrogens is 2. The first kappa shape index (κ1) is 36.3. The third kappa shape index (κ3) is 5.42. The molecule has 0 bridgehead atoms. The molecule has 0 saturated heterocycles. The van der Waals surface area contributed by atoms with E-state index >= 15 is 0 Å². The van der Waals surface area contributed by atoms with Crippen LogP contribution in [-0.2, 0) is 0 Å². The van der Waals surface area contributed by atoms with Gasteiger partial charge >= 0.3 is 0 Å². The molecule has 10 aromatic carbocycles. The average Bonchev–Trinajstić information content (AvgIpc) is 3.89. The molecule has 13 rings (SSSR count). The third-order valence-electron chi connectivity index (χ3n) is 13.4. The second-order valence-electron chi connectivity index (χ2n) is 16.8. The van der Waals surface area contributed by atoms with Crippen LogP contribution >= 0.6 is 0 Å². The van der Waals surface area contributed by atoms with Crippen molar-refractivity contribution in [2.75, 3.05) is 4.90 Å². The summed E-state index contributed by atoms with van der Waals surface area (Å²) in [6.45, 7) is -0.154. The van der Waals surface area contributed by atoms with Gasteiger partial charge < -0.3 is 14.0 Å². The van der Waals surface area contributed by atoms with E-state index in [-0.39, 0.29) is 6.71 Å². The van der Waals surface area contributed by atoms with Crippen LogP contribution in [0.2, 0.25) is 0 Å². The highest BCUT2D eigenvalue weighted by molar-refractivity contribution is 6.99. The summed E-state index contributed by atoms with van der Waals surface area (Å²) in [4.78, 5) is 2.55. The predicted molar refractivity (Wildman–Crippen MR) is 272 cm³/mol. The number of nitrogens with zero attached hydrogens (tertiary/aromatic N) is 3. The Bertz CT molecular complexity index is 3410. The van der Waals surface area contributed by atoms with Crippen molar-refractivity contribution in [1.82, 2.24) is 9.13 Å². The quantitative estimate of drug-likeness (QED) is 0.152. The average molecular weight is 814 g/mol. The fourth-order valence-corrected chi connectivity index (χ4v) is 10.8. The fraction of sp³-hybridized carbons (Fsp3) is 0. The van der Waals surface area contributed by atoms with Crippen LogP contribution in [0.15, 0.2) is 243 Å². The largest absolute Gasteiger partial charge is 0.310 e. The molecule has 64 heavy (non-hydrogen) atoms. The van der Waals surface area contributed by atoms with E-state index in [1.54, 1.807) is 0 Å². The molecule has 12 aromatic rings. The second kappa shape index (κ2) is 14.6. The van der Waals surface area contributed by atoms with Gasteiger partial charge in [0.1, 0.15) is 0 Å². The van der Waals surface area contributed by atoms with Gasteiger partial charge in [0, 0.05) is 55.4 Å². The van der Waals surface area contributed by atoms with Crippen LogP contribution in [0.4, 0.5) is 17.1 Å². The molecule has 0 amide bonds. The number of benzene rings is 10. The minimum absolute atomic E-state index is 0.154. The van der Waals surface area contributed by atoms with Gasteiger partial charge in [-0.2, -0.15) is 0 Å². The molecular weight excluding hydrogens is 773 g/mol. The van der Waals surface area contributed by atoms with Crippen molar-refractivity contribution >= 4 is 83.8 Å². The lowest BCUT2D eigenvalue weighted by atomic mass is 9.34. The van der Waals surface area contributed by atoms with Crippen LogP contribution in [0.1, 0.15) is 0 Å². The molecule has 2 aromatic heterocycles. The smallest absolute Gasteiger partial charge is 0.252 e. The lowest BCUT2D eigenvalue weighted by Gasteiger charge is -2.39. The lowest BCUT2D eigenvalue weighted by Crippen LogP contribution is -2.59. The van der Waals surface area contributed by atoms with Crippen molar-refractivity contribution in [3.8, 4) is 33.6 Å². The predicted octanol–water partition coefficient (Wildman–Crippen LogP) is 13.5. The number of fused-ring (bicyclic) bond motifs is 8. The zero-order valence-corrected chi connectivity index (χ0v) is 35.0. The van der Waals surface area contributed by atoms with E-state index in [1.165, 1.54) is 82.3 Å². The topological polar surface area (TPSA) is 13.1 Å². The SMILES string of the molecule is c1ccc(-c2cccc(-c3ccccc3)c2N2c3ccccc3B(c3c(-n4c5ccccc5c5ccccc54)cccc3-n3c4ccccc4c4ccccc43)c3ccccc32)cc1. The Kier molecular flexibility index (Phi) is 8.32. The van der Waals surface area contributed by atoms with Gasteiger partial charge in [-0.15, -0.1) is 0 Å². The molecule has 4 heteroatoms. The van der Waals surface area contributed by atoms with Gasteiger partial charge in [-0.05, 0) is 76.0 Å². The van der Waals surface area contributed by atoms with E-state index in [9.17, 15) is 0 Å². The summed E-state index contributed by atoms with van der Waals surface area (Å²) in [6.07, 6.45) is 0. The van der Waals surface area contributed by atoms with Crippen LogP contribution in [0.25, 0.3) is 77.2 Å². The van der Waals surface area contributed by atoms with E-state index in [1.807, 2.05) is 0 Å². The highest BCUT2D eigenvalue weighted by Crippen LogP contribution is 2.47. The van der Waals surface area contributed by atoms with Gasteiger partial charge in [0.25, 0.3) is 6.71 Å². The molecule has 298 valence electrons. The van der Waals surface area contributed by atoms with Gasteiger partial charge in [-0.3, -0.25) is 0 Å². The Balaban J connectivity index is 1.17. The molecule has 0 saturated carbocycles. The van der Waals surface area contributed by atoms with Gasteiger partial charge in [0.05, 0.1) is 27.8 Å². The highest BCUT2D eigenvalue weighted by Gasteiger charge is 2.40. The zero-order valence-electron chi connectivity index (χ0n) is 35.0. The summed E-state index contributed by atoms with van der Waals surface area (Å²) >= 11 is 0. The second-order valence-corrected chi connectivity index (χ2v) is 16.8. The number of hydrogen-bond donors (Lipinski definition) is 0. The van der Waals surface area contributed by atoms with Crippen molar-refractivity contribution in [3.63, 3.8) is 0 Å². The van der Waals surface area contributed by atoms with Gasteiger partial charge in [-0.1, -0.05) is 194 Å². The number of para-hydroxylation sites is 7. The lowest BCUT2D eigenvalue weighted by molar-refractivity contribution is 1.15. The summed E-state index contributed by atoms with van der Waals surface area (Å²) in [5.74, 6) is 0. The summed E-state index contributed by atoms with van der Waals surface area (Å²) in [5, 5.41) is 4.97. The standard InChI is InChI=1S/C60H40BN3/c1-3-21-41(22-4-1)43-29-19-30-44(42-23-5-2-6-24-42)60(43)64-55-37-17-11-31-49(55)61(50-32-12-18-38-56(50)64)59-57(62-51-33-13-7-25-45(51)46-26-8-14-34-52(46)62)39-20-40-58(59)63-53-35-15-9-27-47(53)48-28-10-16-36-54(48)63/h1-40H. The maximum absolute atomic E-state index is 2.55. The van der Waals surface area contributed by atoms with Crippen LogP contribution in [0, 0.1) is 0 Å². The maximum Gasteiger partial charge on any atom is 0.252 e. The van der Waals surface area contributed by atoms with E-state index in [0.717, 1.165) is 28.4 Å². The van der Waals surface area contributed by atoms with Crippen molar-refractivity contribution in [2.24, 2.45) is 0 Å². The summed E-state index contributed by atoms with van der Waals surface area (Å²) in [5.41, 5.74) is 19.0. The molecule has 0 unspecified atom stereocenters. The molecule has 3 nitrogen and oxygen atoms in total. The van der Waals surface area contributed by atoms with E-state index in [0.29, 0.717) is 0 Å². The molecule has 1 aliphatic rings. The number of rotatable bonds is 6. The van der Waals surface area contributed by atoms with E-state index < -0.39 is 0 Å². The Labute approximate surface area is 372 Å². The monoisotopic (exact) mass is 813 g/mol. The number of hydrogen-bond acceptors (Lipinski definition) is 1. The van der Waals surface area contributed by atoms with Crippen molar-refractivity contribution in [3.05, 3.63) is 243 Å². The highest BCUT2D eigenvalue weighted by atomic mass is 15.2. The summed E-state index contributed by atoms with van der Waals surface area (Å²) in [6, 6.07) is 89.2. The van der Waals surface area contributed by atoms with Crippen LogP contribution in [-0.4, -0.2) is 15.8 Å². The maximum atomic E-state index is 2.55. The van der Waals surface area contributed by atoms with Crippen molar-refractivity contribution < 1.29 is 0 Å². The molecule has 0 aliphatic carbocycles. The Morgan fingerprint density at radius 2 is 0.594 bits per heavy atom. The van der Waals surface area contributed by atoms with E-state index in [2.05, 4.69) is 257 Å². The first-order valence-corrected chi connectivity index (χ1v) is 22.2. The summed E-state index contributed by atoms with van der Waals surface area (Å²) < 4.78 is 5.04. The first-order chi connectivity index (χ1) is 31.8. The zero-order chi connectivity index (χ0) is 42.1. The molecule has 0 spiro atoms.